The Labute approximate surface area is 106 Å². The average molecular weight is 249 g/mol. The molecule has 0 saturated heterocycles. The second-order valence-electron chi connectivity index (χ2n) is 4.32. The van der Waals surface area contributed by atoms with E-state index in [0.717, 1.165) is 12.0 Å². The highest BCUT2D eigenvalue weighted by molar-refractivity contribution is 7.85. The first-order chi connectivity index (χ1) is 8.19. The topological polar surface area (TPSA) is 40.9 Å². The fourth-order valence-electron chi connectivity index (χ4n) is 1.63. The van der Waals surface area contributed by atoms with E-state index in [1.165, 1.54) is 0 Å². The largest absolute Gasteiger partial charge is 0.259 e. The minimum absolute atomic E-state index is 0.143. The van der Waals surface area contributed by atoms with E-state index < -0.39 is 10.8 Å². The smallest absolute Gasteiger partial charge is 0.0726 e. The van der Waals surface area contributed by atoms with Crippen molar-refractivity contribution in [1.82, 2.24) is 0 Å². The van der Waals surface area contributed by atoms with Crippen LogP contribution in [0.25, 0.3) is 0 Å². The number of hydrogen-bond donors (Lipinski definition) is 0. The normalized spacial score (nSPS) is 15.8. The summed E-state index contributed by atoms with van der Waals surface area (Å²) in [6.07, 6.45) is 1.35. The molecule has 0 heterocycles. The summed E-state index contributed by atoms with van der Waals surface area (Å²) < 4.78 is 12.3. The zero-order valence-corrected chi connectivity index (χ0v) is 11.2. The predicted octanol–water partition coefficient (Wildman–Crippen LogP) is 3.44. The standard InChI is InChI=1S/C14H19NOS/c1-3-12(2)11-17(16)14(9-10-15)13-7-5-4-6-8-13/h4-8,12,14H,3,9,11H2,1-2H3. The molecule has 3 unspecified atom stereocenters. The summed E-state index contributed by atoms with van der Waals surface area (Å²) in [6.45, 7) is 4.20. The summed E-state index contributed by atoms with van der Waals surface area (Å²) in [6, 6.07) is 11.9. The molecule has 0 N–H and O–H groups in total. The predicted molar refractivity (Wildman–Crippen MR) is 71.9 cm³/mol. The third-order valence-electron chi connectivity index (χ3n) is 2.91. The third-order valence-corrected chi connectivity index (χ3v) is 4.88. The number of benzene rings is 1. The maximum Gasteiger partial charge on any atom is 0.0726 e. The number of rotatable bonds is 6. The summed E-state index contributed by atoms with van der Waals surface area (Å²) >= 11 is 0. The molecule has 92 valence electrons. The lowest BCUT2D eigenvalue weighted by Crippen LogP contribution is -2.14. The van der Waals surface area contributed by atoms with Crippen molar-refractivity contribution in [3.8, 4) is 6.07 Å². The van der Waals surface area contributed by atoms with Gasteiger partial charge in [-0.05, 0) is 11.5 Å². The van der Waals surface area contributed by atoms with Crippen molar-refractivity contribution in [3.63, 3.8) is 0 Å². The first kappa shape index (κ1) is 13.9. The summed E-state index contributed by atoms with van der Waals surface area (Å²) in [4.78, 5) is 0. The Kier molecular flexibility index (Phi) is 5.93. The van der Waals surface area contributed by atoms with E-state index in [4.69, 9.17) is 5.26 Å². The lowest BCUT2D eigenvalue weighted by molar-refractivity contribution is 0.610. The average Bonchev–Trinajstić information content (AvgIpc) is 2.36. The highest BCUT2D eigenvalue weighted by Gasteiger charge is 2.19. The molecule has 3 heteroatoms. The molecule has 0 radical (unpaired) electrons. The van der Waals surface area contributed by atoms with E-state index in [2.05, 4.69) is 19.9 Å². The van der Waals surface area contributed by atoms with Crippen LogP contribution in [-0.2, 0) is 10.8 Å². The second kappa shape index (κ2) is 7.24. The molecule has 0 spiro atoms. The zero-order valence-electron chi connectivity index (χ0n) is 10.4. The lowest BCUT2D eigenvalue weighted by atomic mass is 10.1. The van der Waals surface area contributed by atoms with Crippen molar-refractivity contribution < 1.29 is 4.21 Å². The zero-order chi connectivity index (χ0) is 12.7. The minimum Gasteiger partial charge on any atom is -0.259 e. The highest BCUT2D eigenvalue weighted by atomic mass is 32.2. The molecule has 1 aromatic carbocycles. The van der Waals surface area contributed by atoms with Gasteiger partial charge in [0, 0.05) is 16.6 Å². The van der Waals surface area contributed by atoms with Gasteiger partial charge in [0.2, 0.25) is 0 Å². The third kappa shape index (κ3) is 4.32. The van der Waals surface area contributed by atoms with Gasteiger partial charge in [-0.1, -0.05) is 50.6 Å². The summed E-state index contributed by atoms with van der Waals surface area (Å²) in [5.74, 6) is 1.12. The first-order valence-corrected chi connectivity index (χ1v) is 7.36. The number of nitrogens with zero attached hydrogens (tertiary/aromatic N) is 1. The van der Waals surface area contributed by atoms with E-state index in [1.54, 1.807) is 0 Å². The van der Waals surface area contributed by atoms with Crippen molar-refractivity contribution >= 4 is 10.8 Å². The van der Waals surface area contributed by atoms with Gasteiger partial charge in [0.25, 0.3) is 0 Å². The van der Waals surface area contributed by atoms with E-state index in [0.29, 0.717) is 18.1 Å². The minimum atomic E-state index is -0.961. The molecule has 1 aromatic rings. The second-order valence-corrected chi connectivity index (χ2v) is 5.99. The Bertz CT molecular complexity index is 396. The van der Waals surface area contributed by atoms with Gasteiger partial charge < -0.3 is 0 Å². The maximum atomic E-state index is 12.3. The van der Waals surface area contributed by atoms with E-state index in [1.807, 2.05) is 30.3 Å². The van der Waals surface area contributed by atoms with E-state index >= 15 is 0 Å². The van der Waals surface area contributed by atoms with Crippen molar-refractivity contribution in [2.24, 2.45) is 5.92 Å². The summed E-state index contributed by atoms with van der Waals surface area (Å²) in [5, 5.41) is 8.71. The van der Waals surface area contributed by atoms with Crippen LogP contribution >= 0.6 is 0 Å². The molecular weight excluding hydrogens is 230 g/mol. The van der Waals surface area contributed by atoms with Crippen molar-refractivity contribution in [2.45, 2.75) is 31.9 Å². The van der Waals surface area contributed by atoms with Gasteiger partial charge in [-0.15, -0.1) is 0 Å². The van der Waals surface area contributed by atoms with Crippen LogP contribution in [0.3, 0.4) is 0 Å². The Morgan fingerprint density at radius 3 is 2.53 bits per heavy atom. The molecule has 0 aromatic heterocycles. The van der Waals surface area contributed by atoms with Crippen LogP contribution in [-0.4, -0.2) is 9.96 Å². The lowest BCUT2D eigenvalue weighted by Gasteiger charge is -2.16. The molecular formula is C14H19NOS. The Morgan fingerprint density at radius 1 is 1.35 bits per heavy atom. The molecule has 2 nitrogen and oxygen atoms in total. The van der Waals surface area contributed by atoms with Crippen LogP contribution in [0.1, 0.15) is 37.5 Å². The quantitative estimate of drug-likeness (QED) is 0.775. The van der Waals surface area contributed by atoms with Gasteiger partial charge in [0.1, 0.15) is 0 Å². The SMILES string of the molecule is CCC(C)CS(=O)C(CC#N)c1ccccc1. The summed E-state index contributed by atoms with van der Waals surface area (Å²) in [5.41, 5.74) is 1.01. The van der Waals surface area contributed by atoms with Crippen molar-refractivity contribution in [3.05, 3.63) is 35.9 Å². The number of nitriles is 1. The molecule has 0 fully saturated rings. The van der Waals surface area contributed by atoms with E-state index in [9.17, 15) is 4.21 Å². The number of hydrogen-bond acceptors (Lipinski definition) is 2. The van der Waals surface area contributed by atoms with Crippen molar-refractivity contribution in [2.75, 3.05) is 5.75 Å². The molecule has 0 aliphatic heterocycles. The molecule has 0 aliphatic carbocycles. The maximum absolute atomic E-state index is 12.3. The molecule has 0 saturated carbocycles. The van der Waals surface area contributed by atoms with Gasteiger partial charge in [-0.2, -0.15) is 5.26 Å². The van der Waals surface area contributed by atoms with Gasteiger partial charge in [0.05, 0.1) is 17.7 Å². The van der Waals surface area contributed by atoms with Gasteiger partial charge in [0.15, 0.2) is 0 Å². The van der Waals surface area contributed by atoms with Crippen molar-refractivity contribution in [1.29, 1.82) is 5.26 Å². The molecule has 0 aliphatic rings. The van der Waals surface area contributed by atoms with Crippen LogP contribution in [0.2, 0.25) is 0 Å². The molecule has 0 bridgehead atoms. The van der Waals surface area contributed by atoms with Crippen LogP contribution in [0.4, 0.5) is 0 Å². The van der Waals surface area contributed by atoms with Gasteiger partial charge >= 0.3 is 0 Å². The fourth-order valence-corrected chi connectivity index (χ4v) is 3.38. The van der Waals surface area contributed by atoms with Crippen LogP contribution in [0.5, 0.6) is 0 Å². The van der Waals surface area contributed by atoms with Crippen LogP contribution in [0.15, 0.2) is 30.3 Å². The Balaban J connectivity index is 2.80. The van der Waals surface area contributed by atoms with E-state index in [-0.39, 0.29) is 5.25 Å². The molecule has 0 amide bonds. The Hall–Kier alpha value is -1.14. The monoisotopic (exact) mass is 249 g/mol. The van der Waals surface area contributed by atoms with Gasteiger partial charge in [-0.25, -0.2) is 0 Å². The van der Waals surface area contributed by atoms with Crippen LogP contribution in [0, 0.1) is 17.2 Å². The molecule has 1 rings (SSSR count). The Morgan fingerprint density at radius 2 is 2.00 bits per heavy atom. The fraction of sp³-hybridized carbons (Fsp3) is 0.500. The highest BCUT2D eigenvalue weighted by Crippen LogP contribution is 2.25. The van der Waals surface area contributed by atoms with Crippen LogP contribution < -0.4 is 0 Å². The first-order valence-electron chi connectivity index (χ1n) is 5.98. The van der Waals surface area contributed by atoms with Gasteiger partial charge in [-0.3, -0.25) is 4.21 Å². The molecule has 3 atom stereocenters. The molecule has 17 heavy (non-hydrogen) atoms. The summed E-state index contributed by atoms with van der Waals surface area (Å²) in [7, 11) is -0.961.